The number of nitrogens with one attached hydrogen (secondary N) is 2. The Kier molecular flexibility index (Phi) is 5.16. The smallest absolute Gasteiger partial charge is 0.263 e. The molecule has 3 aromatic carbocycles. The Morgan fingerprint density at radius 3 is 2.14 bits per heavy atom. The molecule has 0 atom stereocenters. The Bertz CT molecular complexity index is 1300. The van der Waals surface area contributed by atoms with Crippen LogP contribution in [0, 0.1) is 5.82 Å². The zero-order valence-corrected chi connectivity index (χ0v) is 17.2. The van der Waals surface area contributed by atoms with E-state index < -0.39 is 15.8 Å². The highest BCUT2D eigenvalue weighted by Gasteiger charge is 2.19. The van der Waals surface area contributed by atoms with E-state index in [1.165, 1.54) is 30.3 Å². The van der Waals surface area contributed by atoms with Crippen LogP contribution in [0.1, 0.15) is 0 Å². The van der Waals surface area contributed by atoms with Crippen molar-refractivity contribution in [3.05, 3.63) is 83.1 Å². The van der Waals surface area contributed by atoms with Crippen molar-refractivity contribution in [3.8, 4) is 0 Å². The van der Waals surface area contributed by atoms with Gasteiger partial charge in [0.1, 0.15) is 5.82 Å². The summed E-state index contributed by atoms with van der Waals surface area (Å²) < 4.78 is 42.4. The van der Waals surface area contributed by atoms with Crippen molar-refractivity contribution in [2.24, 2.45) is 0 Å². The van der Waals surface area contributed by atoms with E-state index in [1.807, 2.05) is 0 Å². The Morgan fingerprint density at radius 1 is 0.828 bits per heavy atom. The second kappa shape index (κ2) is 7.76. The van der Waals surface area contributed by atoms with Crippen LogP contribution in [-0.2, 0) is 10.0 Å². The van der Waals surface area contributed by atoms with Crippen LogP contribution in [0.3, 0.4) is 0 Å². The fraction of sp³-hybridized carbons (Fsp3) is 0. The molecule has 9 heteroatoms. The maximum Gasteiger partial charge on any atom is 0.263 e. The van der Waals surface area contributed by atoms with E-state index in [4.69, 9.17) is 0 Å². The Balaban J connectivity index is 1.78. The predicted molar refractivity (Wildman–Crippen MR) is 114 cm³/mol. The number of sulfonamides is 1. The first-order chi connectivity index (χ1) is 13.9. The number of para-hydroxylation sites is 2. The number of halogens is 2. The zero-order chi connectivity index (χ0) is 20.4. The average molecular weight is 473 g/mol. The lowest BCUT2D eigenvalue weighted by Crippen LogP contribution is -2.16. The molecule has 1 aromatic heterocycles. The molecule has 146 valence electrons. The highest BCUT2D eigenvalue weighted by molar-refractivity contribution is 9.10. The van der Waals surface area contributed by atoms with Crippen LogP contribution in [0.5, 0.6) is 0 Å². The topological polar surface area (TPSA) is 84.0 Å². The highest BCUT2D eigenvalue weighted by Crippen LogP contribution is 2.27. The van der Waals surface area contributed by atoms with E-state index in [1.54, 1.807) is 42.5 Å². The third kappa shape index (κ3) is 4.36. The molecule has 0 amide bonds. The van der Waals surface area contributed by atoms with E-state index in [0.29, 0.717) is 16.7 Å². The first kappa shape index (κ1) is 19.3. The molecule has 0 fully saturated rings. The van der Waals surface area contributed by atoms with E-state index in [9.17, 15) is 12.8 Å². The fourth-order valence-electron chi connectivity index (χ4n) is 2.66. The zero-order valence-electron chi connectivity index (χ0n) is 14.8. The molecule has 1 heterocycles. The molecule has 2 N–H and O–H groups in total. The number of nitrogens with zero attached hydrogens (tertiary/aromatic N) is 2. The summed E-state index contributed by atoms with van der Waals surface area (Å²) in [5, 5.41) is 2.94. The van der Waals surface area contributed by atoms with Gasteiger partial charge in [-0.1, -0.05) is 34.1 Å². The van der Waals surface area contributed by atoms with E-state index in [-0.39, 0.29) is 16.5 Å². The standard InChI is InChI=1S/C20H14BrFN4O2S/c21-13-8-10-16(11-9-13)29(27,28)26-20-19(23-15-5-3-4-14(22)12-15)24-17-6-1-2-7-18(17)25-20/h1-12H,(H,23,24)(H,25,26). The maximum atomic E-state index is 13.6. The second-order valence-electron chi connectivity index (χ2n) is 6.10. The van der Waals surface area contributed by atoms with Gasteiger partial charge in [-0.3, -0.25) is 4.72 Å². The van der Waals surface area contributed by atoms with Gasteiger partial charge < -0.3 is 5.32 Å². The molecule has 0 aliphatic rings. The maximum absolute atomic E-state index is 13.6. The quantitative estimate of drug-likeness (QED) is 0.423. The molecule has 0 unspecified atom stereocenters. The summed E-state index contributed by atoms with van der Waals surface area (Å²) >= 11 is 3.28. The van der Waals surface area contributed by atoms with Crippen molar-refractivity contribution in [1.29, 1.82) is 0 Å². The van der Waals surface area contributed by atoms with E-state index >= 15 is 0 Å². The molecular weight excluding hydrogens is 459 g/mol. The van der Waals surface area contributed by atoms with Gasteiger partial charge in [-0.2, -0.15) is 0 Å². The summed E-state index contributed by atoms with van der Waals surface area (Å²) in [5.74, 6) is -0.258. The van der Waals surface area contributed by atoms with Crippen LogP contribution >= 0.6 is 15.9 Å². The molecule has 6 nitrogen and oxygen atoms in total. The van der Waals surface area contributed by atoms with Crippen molar-refractivity contribution in [3.63, 3.8) is 0 Å². The van der Waals surface area contributed by atoms with Gasteiger partial charge in [-0.15, -0.1) is 0 Å². The lowest BCUT2D eigenvalue weighted by atomic mass is 10.3. The molecule has 4 rings (SSSR count). The monoisotopic (exact) mass is 472 g/mol. The fourth-order valence-corrected chi connectivity index (χ4v) is 3.93. The Labute approximate surface area is 175 Å². The van der Waals surface area contributed by atoms with Crippen LogP contribution < -0.4 is 10.0 Å². The van der Waals surface area contributed by atoms with Crippen LogP contribution in [0.15, 0.2) is 82.2 Å². The summed E-state index contributed by atoms with van der Waals surface area (Å²) in [5.41, 5.74) is 1.50. The van der Waals surface area contributed by atoms with Gasteiger partial charge in [-0.05, 0) is 54.6 Å². The van der Waals surface area contributed by atoms with Crippen molar-refractivity contribution in [1.82, 2.24) is 9.97 Å². The molecule has 29 heavy (non-hydrogen) atoms. The molecule has 0 aliphatic heterocycles. The van der Waals surface area contributed by atoms with Gasteiger partial charge in [0.25, 0.3) is 10.0 Å². The molecule has 0 spiro atoms. The number of anilines is 3. The van der Waals surface area contributed by atoms with Gasteiger partial charge in [0, 0.05) is 10.2 Å². The van der Waals surface area contributed by atoms with Crippen molar-refractivity contribution >= 4 is 54.3 Å². The molecule has 0 bridgehead atoms. The minimum absolute atomic E-state index is 0.0101. The van der Waals surface area contributed by atoms with Gasteiger partial charge >= 0.3 is 0 Å². The van der Waals surface area contributed by atoms with E-state index in [0.717, 1.165) is 4.47 Å². The first-order valence-electron chi connectivity index (χ1n) is 8.48. The predicted octanol–water partition coefficient (Wildman–Crippen LogP) is 5.08. The highest BCUT2D eigenvalue weighted by atomic mass is 79.9. The summed E-state index contributed by atoms with van der Waals surface area (Å²) in [6.07, 6.45) is 0. The first-order valence-corrected chi connectivity index (χ1v) is 10.8. The largest absolute Gasteiger partial charge is 0.337 e. The second-order valence-corrected chi connectivity index (χ2v) is 8.70. The number of rotatable bonds is 5. The third-order valence-electron chi connectivity index (χ3n) is 4.01. The van der Waals surface area contributed by atoms with Crippen LogP contribution in [-0.4, -0.2) is 18.4 Å². The summed E-state index contributed by atoms with van der Waals surface area (Å²) in [6, 6.07) is 19.1. The molecule has 4 aromatic rings. The molecule has 0 saturated carbocycles. The number of aromatic nitrogens is 2. The number of benzene rings is 3. The minimum Gasteiger partial charge on any atom is -0.337 e. The molecule has 0 aliphatic carbocycles. The van der Waals surface area contributed by atoms with Gasteiger partial charge in [0.15, 0.2) is 11.6 Å². The van der Waals surface area contributed by atoms with Crippen molar-refractivity contribution in [2.45, 2.75) is 4.90 Å². The minimum atomic E-state index is -3.91. The molecule has 0 radical (unpaired) electrons. The van der Waals surface area contributed by atoms with Crippen LogP contribution in [0.2, 0.25) is 0 Å². The Hall–Kier alpha value is -3.04. The number of hydrogen-bond donors (Lipinski definition) is 2. The van der Waals surface area contributed by atoms with Crippen molar-refractivity contribution in [2.75, 3.05) is 10.0 Å². The Morgan fingerprint density at radius 2 is 1.48 bits per heavy atom. The summed E-state index contributed by atoms with van der Waals surface area (Å²) in [4.78, 5) is 8.94. The molecular formula is C20H14BrFN4O2S. The molecule has 0 saturated heterocycles. The summed E-state index contributed by atoms with van der Waals surface area (Å²) in [7, 11) is -3.91. The van der Waals surface area contributed by atoms with Crippen LogP contribution in [0.25, 0.3) is 11.0 Å². The normalized spacial score (nSPS) is 11.4. The van der Waals surface area contributed by atoms with Gasteiger partial charge in [0.2, 0.25) is 0 Å². The average Bonchev–Trinajstić information content (AvgIpc) is 2.68. The number of fused-ring (bicyclic) bond motifs is 1. The SMILES string of the molecule is O=S(=O)(Nc1nc2ccccc2nc1Nc1cccc(F)c1)c1ccc(Br)cc1. The van der Waals surface area contributed by atoms with Crippen molar-refractivity contribution < 1.29 is 12.8 Å². The lowest BCUT2D eigenvalue weighted by molar-refractivity contribution is 0.601. The lowest BCUT2D eigenvalue weighted by Gasteiger charge is -2.14. The third-order valence-corrected chi connectivity index (χ3v) is 5.90. The van der Waals surface area contributed by atoms with Gasteiger partial charge in [-0.25, -0.2) is 22.8 Å². The van der Waals surface area contributed by atoms with E-state index in [2.05, 4.69) is 35.9 Å². The number of hydrogen-bond acceptors (Lipinski definition) is 5. The summed E-state index contributed by atoms with van der Waals surface area (Å²) in [6.45, 7) is 0. The van der Waals surface area contributed by atoms with Gasteiger partial charge in [0.05, 0.1) is 15.9 Å². The van der Waals surface area contributed by atoms with Crippen LogP contribution in [0.4, 0.5) is 21.7 Å².